The van der Waals surface area contributed by atoms with Gasteiger partial charge in [-0.25, -0.2) is 18.7 Å². The summed E-state index contributed by atoms with van der Waals surface area (Å²) in [5.41, 5.74) is 5.33. The van der Waals surface area contributed by atoms with Gasteiger partial charge in [0.2, 0.25) is 9.79 Å². The molecule has 5 aliphatic heterocycles. The van der Waals surface area contributed by atoms with Gasteiger partial charge < -0.3 is 19.9 Å². The Kier molecular flexibility index (Phi) is 9.84. The van der Waals surface area contributed by atoms with Crippen molar-refractivity contribution in [1.82, 2.24) is 9.97 Å². The van der Waals surface area contributed by atoms with E-state index >= 15 is 0 Å². The second kappa shape index (κ2) is 14.5. The lowest BCUT2D eigenvalue weighted by Gasteiger charge is -2.40. The number of nitrogens with zero attached hydrogens (tertiary/aromatic N) is 4. The van der Waals surface area contributed by atoms with Gasteiger partial charge in [0, 0.05) is 82.2 Å². The Morgan fingerprint density at radius 3 is 1.74 bits per heavy atom. The highest BCUT2D eigenvalue weighted by atomic mass is 35.5. The molecule has 0 radical (unpaired) electrons. The predicted molar refractivity (Wildman–Crippen MR) is 197 cm³/mol. The number of rotatable bonds is 6. The van der Waals surface area contributed by atoms with E-state index in [2.05, 4.69) is 26.2 Å². The molecule has 3 fully saturated rings. The molecule has 0 spiro atoms. The van der Waals surface area contributed by atoms with Gasteiger partial charge >= 0.3 is 0 Å². The van der Waals surface area contributed by atoms with Crippen molar-refractivity contribution in [3.8, 4) is 0 Å². The molecule has 50 heavy (non-hydrogen) atoms. The van der Waals surface area contributed by atoms with Crippen LogP contribution in [-0.4, -0.2) is 76.0 Å². The van der Waals surface area contributed by atoms with Gasteiger partial charge in [-0.1, -0.05) is 35.9 Å². The van der Waals surface area contributed by atoms with Crippen molar-refractivity contribution < 1.29 is 22.6 Å². The zero-order valence-electron chi connectivity index (χ0n) is 27.5. The Hall–Kier alpha value is -3.13. The quantitative estimate of drug-likeness (QED) is 0.184. The van der Waals surface area contributed by atoms with Gasteiger partial charge in [-0.3, -0.25) is 0 Å². The highest BCUT2D eigenvalue weighted by Crippen LogP contribution is 2.40. The molecule has 2 aromatic carbocycles. The maximum Gasteiger partial charge on any atom is 0.234 e. The lowest BCUT2D eigenvalue weighted by molar-refractivity contribution is 0.0904. The molecule has 2 aromatic heterocycles. The Bertz CT molecular complexity index is 1840. The molecule has 7 heterocycles. The molecule has 0 amide bonds. The van der Waals surface area contributed by atoms with Crippen molar-refractivity contribution in [2.75, 3.05) is 66.0 Å². The number of hydrogen-bond acceptors (Lipinski definition) is 8. The first-order valence-electron chi connectivity index (χ1n) is 17.2. The van der Waals surface area contributed by atoms with E-state index in [9.17, 15) is 17.9 Å². The number of aromatic nitrogens is 2. The van der Waals surface area contributed by atoms with Gasteiger partial charge in [0.1, 0.15) is 39.7 Å². The lowest BCUT2D eigenvalue weighted by atomic mass is 9.91. The number of ether oxygens (including phenoxy) is 1. The van der Waals surface area contributed by atoms with E-state index in [1.54, 1.807) is 0 Å². The SMILES string of the molecule is O[S+]1CCc2nc(N3CC(c4ccc(F)cc4)C3)cc(Cl)c21.O[S+]1CCc2nc(N3CC(c4ccc(F)cc4)C3)cc(NC3CCOCC3)c21. The van der Waals surface area contributed by atoms with Crippen LogP contribution >= 0.6 is 11.6 Å². The maximum atomic E-state index is 13.2. The van der Waals surface area contributed by atoms with Crippen LogP contribution in [0.2, 0.25) is 5.02 Å². The van der Waals surface area contributed by atoms with E-state index in [0.717, 1.165) is 121 Å². The standard InChI is InChI=1S/C21H25FN3O2S.C16H15ClFN2OS/c22-16-3-1-14(2-4-16)15-12-25(13-15)20-11-19(23-17-5-8-27-9-6-17)21-18(24-20)7-10-28(21)26;17-13-7-15(19-14-5-6-22(21)16(13)14)20-8-11(9-20)10-1-3-12(18)4-2-10/h1-4,11,15,17,26H,5-10,12-13H2,(H,23,24);1-4,7,11,21H,5-6,8-9H2/q2*+1. The smallest absolute Gasteiger partial charge is 0.234 e. The van der Waals surface area contributed by atoms with Crippen LogP contribution in [0.4, 0.5) is 26.1 Å². The third-order valence-electron chi connectivity index (χ3n) is 10.2. The van der Waals surface area contributed by atoms with Gasteiger partial charge in [0.15, 0.2) is 33.9 Å². The number of halogens is 3. The minimum atomic E-state index is -0.752. The van der Waals surface area contributed by atoms with Gasteiger partial charge in [-0.15, -0.1) is 0 Å². The number of pyridine rings is 2. The van der Waals surface area contributed by atoms with E-state index in [0.29, 0.717) is 22.9 Å². The molecule has 13 heteroatoms. The van der Waals surface area contributed by atoms with Gasteiger partial charge in [0.05, 0.1) is 5.69 Å². The van der Waals surface area contributed by atoms with E-state index < -0.39 is 22.4 Å². The summed E-state index contributed by atoms with van der Waals surface area (Å²) in [6.45, 7) is 5.07. The van der Waals surface area contributed by atoms with E-state index in [4.69, 9.17) is 21.3 Å². The third kappa shape index (κ3) is 7.03. The molecule has 4 aromatic rings. The predicted octanol–water partition coefficient (Wildman–Crippen LogP) is 6.91. The summed E-state index contributed by atoms with van der Waals surface area (Å²) >= 11 is 4.83. The zero-order valence-corrected chi connectivity index (χ0v) is 29.9. The van der Waals surface area contributed by atoms with Crippen molar-refractivity contribution in [3.63, 3.8) is 0 Å². The summed E-state index contributed by atoms with van der Waals surface area (Å²) < 4.78 is 52.0. The summed E-state index contributed by atoms with van der Waals surface area (Å²) in [4.78, 5) is 15.8. The van der Waals surface area contributed by atoms with Crippen LogP contribution in [0.25, 0.3) is 0 Å². The molecule has 262 valence electrons. The van der Waals surface area contributed by atoms with E-state index in [1.807, 2.05) is 30.3 Å². The first kappa shape index (κ1) is 34.0. The molecule has 3 N–H and O–H groups in total. The van der Waals surface area contributed by atoms with Gasteiger partial charge in [-0.05, 0) is 48.2 Å². The van der Waals surface area contributed by atoms with Crippen LogP contribution in [0.15, 0.2) is 70.5 Å². The molecule has 5 aliphatic rings. The van der Waals surface area contributed by atoms with Crippen LogP contribution in [0.1, 0.15) is 47.2 Å². The Labute approximate surface area is 301 Å². The topological polar surface area (TPSA) is 94.0 Å². The van der Waals surface area contributed by atoms with Crippen LogP contribution < -0.4 is 15.1 Å². The Balaban J connectivity index is 0.000000149. The fourth-order valence-electron chi connectivity index (χ4n) is 7.27. The molecule has 0 bridgehead atoms. The number of aryl methyl sites for hydroxylation is 2. The van der Waals surface area contributed by atoms with Crippen molar-refractivity contribution in [2.45, 2.75) is 53.4 Å². The first-order chi connectivity index (χ1) is 24.3. The second-order valence-electron chi connectivity index (χ2n) is 13.5. The number of nitrogens with one attached hydrogen (secondary N) is 1. The number of benzene rings is 2. The van der Waals surface area contributed by atoms with Crippen molar-refractivity contribution in [2.24, 2.45) is 0 Å². The summed E-state index contributed by atoms with van der Waals surface area (Å²) in [7, 11) is 0. The van der Waals surface area contributed by atoms with Crippen molar-refractivity contribution >= 4 is 51.3 Å². The molecule has 2 unspecified atom stereocenters. The third-order valence-corrected chi connectivity index (χ3v) is 13.7. The molecule has 0 saturated carbocycles. The van der Waals surface area contributed by atoms with Crippen LogP contribution in [0.5, 0.6) is 0 Å². The Morgan fingerprint density at radius 2 is 1.20 bits per heavy atom. The van der Waals surface area contributed by atoms with E-state index in [1.165, 1.54) is 29.8 Å². The van der Waals surface area contributed by atoms with Crippen molar-refractivity contribution in [3.05, 3.63) is 99.8 Å². The molecular weight excluding hydrogens is 700 g/mol. The molecule has 8 nitrogen and oxygen atoms in total. The lowest BCUT2D eigenvalue weighted by Crippen LogP contribution is -2.45. The highest BCUT2D eigenvalue weighted by Gasteiger charge is 2.40. The van der Waals surface area contributed by atoms with Crippen LogP contribution in [0.3, 0.4) is 0 Å². The van der Waals surface area contributed by atoms with Crippen LogP contribution in [0, 0.1) is 11.6 Å². The maximum absolute atomic E-state index is 13.2. The summed E-state index contributed by atoms with van der Waals surface area (Å²) in [6, 6.07) is 17.9. The fourth-order valence-corrected chi connectivity index (χ4v) is 10.4. The number of hydrogen-bond donors (Lipinski definition) is 3. The molecule has 0 aliphatic carbocycles. The first-order valence-corrected chi connectivity index (χ1v) is 20.3. The van der Waals surface area contributed by atoms with Crippen LogP contribution in [-0.2, 0) is 39.9 Å². The van der Waals surface area contributed by atoms with Crippen molar-refractivity contribution in [1.29, 1.82) is 0 Å². The number of anilines is 3. The minimum absolute atomic E-state index is 0.191. The Morgan fingerprint density at radius 1 is 0.720 bits per heavy atom. The van der Waals surface area contributed by atoms with Gasteiger partial charge in [-0.2, -0.15) is 9.11 Å². The average molecular weight is 740 g/mol. The average Bonchev–Trinajstić information content (AvgIpc) is 3.64. The molecule has 2 atom stereocenters. The summed E-state index contributed by atoms with van der Waals surface area (Å²) in [6.07, 6.45) is 3.60. The molecular formula is C37H40ClF2N5O3S2+2. The molecule has 9 rings (SSSR count). The minimum Gasteiger partial charge on any atom is -0.381 e. The largest absolute Gasteiger partial charge is 0.381 e. The molecule has 3 saturated heterocycles. The van der Waals surface area contributed by atoms with E-state index in [-0.39, 0.29) is 11.6 Å². The second-order valence-corrected chi connectivity index (χ2v) is 17.0. The summed E-state index contributed by atoms with van der Waals surface area (Å²) in [5, 5.41) is 4.28. The monoisotopic (exact) mass is 739 g/mol. The van der Waals surface area contributed by atoms with Gasteiger partial charge in [0.25, 0.3) is 0 Å². The fraction of sp³-hybridized carbons (Fsp3) is 0.405. The normalized spacial score (nSPS) is 21.9. The number of fused-ring (bicyclic) bond motifs is 2. The zero-order chi connectivity index (χ0) is 34.4. The summed E-state index contributed by atoms with van der Waals surface area (Å²) in [5.74, 6) is 3.77. The highest BCUT2D eigenvalue weighted by molar-refractivity contribution is 7.92.